The summed E-state index contributed by atoms with van der Waals surface area (Å²) in [4.78, 5) is 19.1. The fourth-order valence-electron chi connectivity index (χ4n) is 2.93. The van der Waals surface area contributed by atoms with E-state index in [9.17, 15) is 4.79 Å². The van der Waals surface area contributed by atoms with Crippen molar-refractivity contribution in [3.63, 3.8) is 0 Å². The van der Waals surface area contributed by atoms with E-state index >= 15 is 0 Å². The summed E-state index contributed by atoms with van der Waals surface area (Å²) in [6, 6.07) is 4.98. The number of furan rings is 1. The van der Waals surface area contributed by atoms with Gasteiger partial charge in [0, 0.05) is 45.1 Å². The van der Waals surface area contributed by atoms with Crippen LogP contribution in [-0.4, -0.2) is 45.1 Å². The van der Waals surface area contributed by atoms with Gasteiger partial charge < -0.3 is 23.7 Å². The highest BCUT2D eigenvalue weighted by molar-refractivity contribution is 5.93. The molecule has 1 amide bonds. The average Bonchev–Trinajstić information content (AvgIpc) is 3.35. The van der Waals surface area contributed by atoms with E-state index in [0.717, 1.165) is 12.4 Å². The first-order valence-electron chi connectivity index (χ1n) is 7.73. The Balaban J connectivity index is 0.00000182. The molecule has 0 aliphatic carbocycles. The highest BCUT2D eigenvalue weighted by Gasteiger charge is 2.32. The second-order valence-corrected chi connectivity index (χ2v) is 5.67. The first-order chi connectivity index (χ1) is 11.7. The summed E-state index contributed by atoms with van der Waals surface area (Å²) >= 11 is 0. The van der Waals surface area contributed by atoms with Crippen molar-refractivity contribution in [2.45, 2.75) is 6.04 Å². The molecule has 0 aromatic carbocycles. The number of carbonyl (C=O) groups excluding carboxylic acids is 1. The summed E-state index contributed by atoms with van der Waals surface area (Å²) in [5.41, 5.74) is 0.266. The number of carbonyl (C=O) groups is 1. The van der Waals surface area contributed by atoms with Gasteiger partial charge in [-0.3, -0.25) is 4.79 Å². The van der Waals surface area contributed by atoms with Gasteiger partial charge in [-0.1, -0.05) is 5.16 Å². The number of hydrogen-bond donors (Lipinski definition) is 1. The lowest BCUT2D eigenvalue weighted by molar-refractivity contribution is 0.0610. The highest BCUT2D eigenvalue weighted by atomic mass is 35.5. The molecule has 1 saturated heterocycles. The van der Waals surface area contributed by atoms with Crippen LogP contribution in [0, 0.1) is 0 Å². The molecular formula is C16H18ClN5O3. The van der Waals surface area contributed by atoms with Crippen molar-refractivity contribution in [1.82, 2.24) is 24.9 Å². The average molecular weight is 364 g/mol. The van der Waals surface area contributed by atoms with Gasteiger partial charge in [-0.25, -0.2) is 4.98 Å². The zero-order chi connectivity index (χ0) is 16.5. The third-order valence-electron chi connectivity index (χ3n) is 4.15. The molecule has 4 heterocycles. The summed E-state index contributed by atoms with van der Waals surface area (Å²) in [5.74, 6) is 1.64. The molecule has 0 saturated carbocycles. The molecule has 25 heavy (non-hydrogen) atoms. The first kappa shape index (κ1) is 17.2. The zero-order valence-electron chi connectivity index (χ0n) is 13.6. The summed E-state index contributed by atoms with van der Waals surface area (Å²) in [7, 11) is 1.92. The van der Waals surface area contributed by atoms with Gasteiger partial charge >= 0.3 is 0 Å². The Morgan fingerprint density at radius 3 is 3.00 bits per heavy atom. The van der Waals surface area contributed by atoms with Crippen molar-refractivity contribution in [1.29, 1.82) is 0 Å². The van der Waals surface area contributed by atoms with Gasteiger partial charge in [0.25, 0.3) is 5.91 Å². The molecule has 3 aromatic rings. The van der Waals surface area contributed by atoms with Crippen molar-refractivity contribution in [3.8, 4) is 11.5 Å². The molecule has 3 aromatic heterocycles. The van der Waals surface area contributed by atoms with Gasteiger partial charge in [-0.05, 0) is 12.1 Å². The van der Waals surface area contributed by atoms with Crippen LogP contribution in [0.1, 0.15) is 22.4 Å². The zero-order valence-corrected chi connectivity index (χ0v) is 14.4. The van der Waals surface area contributed by atoms with E-state index in [0.29, 0.717) is 24.6 Å². The molecule has 1 aliphatic rings. The highest BCUT2D eigenvalue weighted by Crippen LogP contribution is 2.25. The van der Waals surface area contributed by atoms with E-state index in [4.69, 9.17) is 8.94 Å². The summed E-state index contributed by atoms with van der Waals surface area (Å²) in [6.45, 7) is 1.97. The minimum atomic E-state index is -0.175. The van der Waals surface area contributed by atoms with E-state index in [1.54, 1.807) is 35.6 Å². The van der Waals surface area contributed by atoms with Crippen molar-refractivity contribution in [2.24, 2.45) is 7.05 Å². The number of nitrogens with one attached hydrogen (secondary N) is 1. The lowest BCUT2D eigenvalue weighted by Crippen LogP contribution is -2.49. The SMILES string of the molecule is Cl.Cn1ccnc1C1CNCCN1C(=O)c1cc(-c2ccco2)on1. The van der Waals surface area contributed by atoms with Crippen LogP contribution in [0.4, 0.5) is 0 Å². The Hall–Kier alpha value is -2.58. The number of piperazine rings is 1. The monoisotopic (exact) mass is 363 g/mol. The van der Waals surface area contributed by atoms with E-state index in [-0.39, 0.29) is 30.0 Å². The van der Waals surface area contributed by atoms with Crippen LogP contribution in [0.3, 0.4) is 0 Å². The van der Waals surface area contributed by atoms with Gasteiger partial charge in [-0.2, -0.15) is 0 Å². The number of aryl methyl sites for hydroxylation is 1. The Bertz CT molecular complexity index is 842. The van der Waals surface area contributed by atoms with Gasteiger partial charge in [0.2, 0.25) is 5.76 Å². The normalized spacial score (nSPS) is 17.3. The van der Waals surface area contributed by atoms with Crippen molar-refractivity contribution in [2.75, 3.05) is 19.6 Å². The van der Waals surface area contributed by atoms with Crippen LogP contribution >= 0.6 is 12.4 Å². The molecule has 1 atom stereocenters. The van der Waals surface area contributed by atoms with E-state index < -0.39 is 0 Å². The Labute approximate surface area is 150 Å². The second-order valence-electron chi connectivity index (χ2n) is 5.67. The number of rotatable bonds is 3. The van der Waals surface area contributed by atoms with E-state index in [1.807, 2.05) is 17.8 Å². The molecule has 4 rings (SSSR count). The van der Waals surface area contributed by atoms with Crippen LogP contribution in [0.15, 0.2) is 45.8 Å². The van der Waals surface area contributed by atoms with Gasteiger partial charge in [0.05, 0.1) is 6.26 Å². The van der Waals surface area contributed by atoms with Crippen LogP contribution in [0.25, 0.3) is 11.5 Å². The topological polar surface area (TPSA) is 89.3 Å². The third kappa shape index (κ3) is 3.18. The van der Waals surface area contributed by atoms with E-state index in [1.165, 1.54) is 0 Å². The standard InChI is InChI=1S/C16H17N5O3.ClH/c1-20-6-5-18-15(20)12-10-17-4-7-21(12)16(22)11-9-14(24-19-11)13-3-2-8-23-13;/h2-3,5-6,8-9,12,17H,4,7,10H2,1H3;1H. The predicted molar refractivity (Wildman–Crippen MR) is 91.3 cm³/mol. The third-order valence-corrected chi connectivity index (χ3v) is 4.15. The summed E-state index contributed by atoms with van der Waals surface area (Å²) in [5, 5.41) is 7.22. The molecule has 1 aliphatic heterocycles. The lowest BCUT2D eigenvalue weighted by atomic mass is 10.1. The van der Waals surface area contributed by atoms with Gasteiger partial charge in [0.1, 0.15) is 11.9 Å². The van der Waals surface area contributed by atoms with Crippen molar-refractivity contribution >= 4 is 18.3 Å². The largest absolute Gasteiger partial charge is 0.461 e. The number of nitrogens with zero attached hydrogens (tertiary/aromatic N) is 4. The van der Waals surface area contributed by atoms with Crippen LogP contribution < -0.4 is 5.32 Å². The molecule has 132 valence electrons. The maximum atomic E-state index is 12.9. The molecule has 8 nitrogen and oxygen atoms in total. The second kappa shape index (κ2) is 7.12. The number of hydrogen-bond acceptors (Lipinski definition) is 6. The Kier molecular flexibility index (Phi) is 4.91. The van der Waals surface area contributed by atoms with Crippen LogP contribution in [0.2, 0.25) is 0 Å². The van der Waals surface area contributed by atoms with E-state index in [2.05, 4.69) is 15.5 Å². The maximum Gasteiger partial charge on any atom is 0.276 e. The Morgan fingerprint density at radius 1 is 1.40 bits per heavy atom. The fourth-order valence-corrected chi connectivity index (χ4v) is 2.93. The quantitative estimate of drug-likeness (QED) is 0.764. The molecule has 0 radical (unpaired) electrons. The molecule has 1 fully saturated rings. The minimum Gasteiger partial charge on any atom is -0.461 e. The fraction of sp³-hybridized carbons (Fsp3) is 0.312. The predicted octanol–water partition coefficient (Wildman–Crippen LogP) is 1.88. The number of aromatic nitrogens is 3. The lowest BCUT2D eigenvalue weighted by Gasteiger charge is -2.35. The smallest absolute Gasteiger partial charge is 0.276 e. The Morgan fingerprint density at radius 2 is 2.28 bits per heavy atom. The molecular weight excluding hydrogens is 346 g/mol. The van der Waals surface area contributed by atoms with Crippen molar-refractivity contribution < 1.29 is 13.7 Å². The number of halogens is 1. The molecule has 0 spiro atoms. The maximum absolute atomic E-state index is 12.9. The number of imidazole rings is 1. The molecule has 1 N–H and O–H groups in total. The first-order valence-corrected chi connectivity index (χ1v) is 7.73. The van der Waals surface area contributed by atoms with Gasteiger partial charge in [0.15, 0.2) is 11.5 Å². The number of amides is 1. The van der Waals surface area contributed by atoms with Crippen LogP contribution in [-0.2, 0) is 7.05 Å². The van der Waals surface area contributed by atoms with Crippen LogP contribution in [0.5, 0.6) is 0 Å². The molecule has 9 heteroatoms. The van der Waals surface area contributed by atoms with Gasteiger partial charge in [-0.15, -0.1) is 12.4 Å². The summed E-state index contributed by atoms with van der Waals surface area (Å²) in [6.07, 6.45) is 5.15. The summed E-state index contributed by atoms with van der Waals surface area (Å²) < 4.78 is 12.4. The van der Waals surface area contributed by atoms with Crippen molar-refractivity contribution in [3.05, 3.63) is 48.4 Å². The molecule has 1 unspecified atom stereocenters. The molecule has 0 bridgehead atoms. The minimum absolute atomic E-state index is 0.